The number of hydrogen-bond acceptors (Lipinski definition) is 7. The number of methoxy groups -OCH3 is 2. The molecule has 0 saturated carbocycles. The highest BCUT2D eigenvalue weighted by atomic mass is 32.1. The van der Waals surface area contributed by atoms with E-state index in [9.17, 15) is 9.59 Å². The Bertz CT molecular complexity index is 1100. The lowest BCUT2D eigenvalue weighted by Gasteiger charge is -2.31. The van der Waals surface area contributed by atoms with Gasteiger partial charge in [-0.2, -0.15) is 0 Å². The summed E-state index contributed by atoms with van der Waals surface area (Å²) >= 11 is 1.27. The van der Waals surface area contributed by atoms with Crippen molar-refractivity contribution in [3.63, 3.8) is 0 Å². The van der Waals surface area contributed by atoms with Crippen molar-refractivity contribution in [3.8, 4) is 11.5 Å². The number of piperidine rings is 1. The molecule has 3 amide bonds. The van der Waals surface area contributed by atoms with Gasteiger partial charge in [0.15, 0.2) is 0 Å². The average molecular weight is 468 g/mol. The van der Waals surface area contributed by atoms with Crippen molar-refractivity contribution in [2.75, 3.05) is 37.9 Å². The van der Waals surface area contributed by atoms with Crippen molar-refractivity contribution >= 4 is 34.6 Å². The molecule has 172 valence electrons. The molecule has 9 nitrogen and oxygen atoms in total. The van der Waals surface area contributed by atoms with E-state index in [1.165, 1.54) is 11.3 Å². The maximum Gasteiger partial charge on any atom is 0.321 e. The molecule has 4 rings (SSSR count). The third kappa shape index (κ3) is 5.58. The van der Waals surface area contributed by atoms with Gasteiger partial charge in [0.1, 0.15) is 16.5 Å². The number of ether oxygens (including phenoxy) is 2. The molecule has 1 saturated heterocycles. The van der Waals surface area contributed by atoms with Crippen LogP contribution in [0.4, 0.5) is 16.2 Å². The summed E-state index contributed by atoms with van der Waals surface area (Å²) in [6, 6.07) is 14.1. The summed E-state index contributed by atoms with van der Waals surface area (Å²) in [4.78, 5) is 27.1. The third-order valence-corrected chi connectivity index (χ3v) is 6.47. The Balaban J connectivity index is 1.35. The minimum absolute atomic E-state index is 0.0420. The van der Waals surface area contributed by atoms with Crippen molar-refractivity contribution < 1.29 is 19.1 Å². The summed E-state index contributed by atoms with van der Waals surface area (Å²) in [7, 11) is 3.19. The molecule has 1 atom stereocenters. The Morgan fingerprint density at radius 1 is 0.939 bits per heavy atom. The molecule has 2 heterocycles. The van der Waals surface area contributed by atoms with Gasteiger partial charge in [0.2, 0.25) is 5.01 Å². The molecule has 3 aromatic rings. The molecule has 10 heteroatoms. The lowest BCUT2D eigenvalue weighted by molar-refractivity contribution is 0.102. The minimum atomic E-state index is -0.311. The van der Waals surface area contributed by atoms with E-state index >= 15 is 0 Å². The van der Waals surface area contributed by atoms with Crippen LogP contribution in [0.2, 0.25) is 0 Å². The van der Waals surface area contributed by atoms with E-state index in [1.807, 2.05) is 0 Å². The van der Waals surface area contributed by atoms with E-state index in [2.05, 4.69) is 20.8 Å². The lowest BCUT2D eigenvalue weighted by Crippen LogP contribution is -2.41. The molecule has 0 aliphatic carbocycles. The average Bonchev–Trinajstić information content (AvgIpc) is 3.36. The first kappa shape index (κ1) is 22.5. The molecule has 33 heavy (non-hydrogen) atoms. The maximum atomic E-state index is 12.7. The van der Waals surface area contributed by atoms with Gasteiger partial charge in [-0.25, -0.2) is 4.79 Å². The number of carbonyl (C=O) groups is 2. The number of amides is 3. The van der Waals surface area contributed by atoms with Crippen molar-refractivity contribution in [2.24, 2.45) is 0 Å². The number of nitrogens with zero attached hydrogens (tertiary/aromatic N) is 3. The van der Waals surface area contributed by atoms with Gasteiger partial charge < -0.3 is 25.0 Å². The van der Waals surface area contributed by atoms with E-state index < -0.39 is 0 Å². The molecule has 2 aromatic carbocycles. The maximum absolute atomic E-state index is 12.7. The normalized spacial score (nSPS) is 15.6. The quantitative estimate of drug-likeness (QED) is 0.562. The number of carbonyl (C=O) groups excluding carboxylic acids is 2. The number of benzene rings is 2. The van der Waals surface area contributed by atoms with Crippen LogP contribution >= 0.6 is 11.3 Å². The molecule has 0 unspecified atom stereocenters. The Morgan fingerprint density at radius 2 is 1.55 bits per heavy atom. The fourth-order valence-electron chi connectivity index (χ4n) is 3.59. The first-order valence-electron chi connectivity index (χ1n) is 10.5. The summed E-state index contributed by atoms with van der Waals surface area (Å²) in [5, 5.41) is 15.1. The lowest BCUT2D eigenvalue weighted by atomic mass is 9.99. The van der Waals surface area contributed by atoms with E-state index in [1.54, 1.807) is 67.7 Å². The standard InChI is InChI=1S/C23H25N5O4S/c1-31-18-9-5-16(6-10-18)24-20(29)22-27-26-21(33-22)15-4-3-13-28(14-15)23(30)25-17-7-11-19(32-2)12-8-17/h5-12,15H,3-4,13-14H2,1-2H3,(H,24,29)(H,25,30)/t15-/m1/s1. The van der Waals surface area contributed by atoms with Crippen LogP contribution in [0.15, 0.2) is 48.5 Å². The van der Waals surface area contributed by atoms with Gasteiger partial charge in [-0.15, -0.1) is 10.2 Å². The number of anilines is 2. The van der Waals surface area contributed by atoms with E-state index in [-0.39, 0.29) is 17.9 Å². The molecule has 1 aliphatic rings. The zero-order chi connectivity index (χ0) is 23.2. The number of rotatable bonds is 6. The van der Waals surface area contributed by atoms with Gasteiger partial charge in [0.05, 0.1) is 14.2 Å². The van der Waals surface area contributed by atoms with Crippen LogP contribution in [0.3, 0.4) is 0 Å². The summed E-state index contributed by atoms with van der Waals surface area (Å²) in [6.45, 7) is 1.19. The van der Waals surface area contributed by atoms with Crippen LogP contribution in [0.1, 0.15) is 33.6 Å². The first-order chi connectivity index (χ1) is 16.1. The Morgan fingerprint density at radius 3 is 2.15 bits per heavy atom. The second kappa shape index (κ2) is 10.3. The largest absolute Gasteiger partial charge is 0.497 e. The zero-order valence-electron chi connectivity index (χ0n) is 18.4. The van der Waals surface area contributed by atoms with Gasteiger partial charge in [-0.3, -0.25) is 4.79 Å². The van der Waals surface area contributed by atoms with Gasteiger partial charge in [0.25, 0.3) is 5.91 Å². The molecule has 1 aliphatic heterocycles. The Hall–Kier alpha value is -3.66. The van der Waals surface area contributed by atoms with E-state index in [0.29, 0.717) is 35.2 Å². The van der Waals surface area contributed by atoms with Crippen LogP contribution in [-0.2, 0) is 0 Å². The van der Waals surface area contributed by atoms with Crippen molar-refractivity contribution in [2.45, 2.75) is 18.8 Å². The summed E-state index contributed by atoms with van der Waals surface area (Å²) in [6.07, 6.45) is 1.74. The SMILES string of the molecule is COc1ccc(NC(=O)c2nnc([C@@H]3CCCN(C(=O)Nc4ccc(OC)cc4)C3)s2)cc1. The van der Waals surface area contributed by atoms with Crippen LogP contribution < -0.4 is 20.1 Å². The predicted octanol–water partition coefficient (Wildman–Crippen LogP) is 4.22. The summed E-state index contributed by atoms with van der Waals surface area (Å²) in [5.41, 5.74) is 1.35. The molecule has 0 bridgehead atoms. The van der Waals surface area contributed by atoms with Crippen LogP contribution in [-0.4, -0.2) is 54.3 Å². The van der Waals surface area contributed by atoms with Gasteiger partial charge in [0, 0.05) is 30.4 Å². The first-order valence-corrected chi connectivity index (χ1v) is 11.4. The topological polar surface area (TPSA) is 106 Å². The number of hydrogen-bond donors (Lipinski definition) is 2. The van der Waals surface area contributed by atoms with Crippen molar-refractivity contribution in [1.29, 1.82) is 0 Å². The highest BCUT2D eigenvalue weighted by Crippen LogP contribution is 2.30. The minimum Gasteiger partial charge on any atom is -0.497 e. The van der Waals surface area contributed by atoms with Gasteiger partial charge in [-0.05, 0) is 61.4 Å². The molecule has 2 N–H and O–H groups in total. The Labute approximate surface area is 195 Å². The van der Waals surface area contributed by atoms with Crippen LogP contribution in [0.5, 0.6) is 11.5 Å². The smallest absolute Gasteiger partial charge is 0.321 e. The third-order valence-electron chi connectivity index (χ3n) is 5.38. The second-order valence-corrected chi connectivity index (χ2v) is 8.58. The summed E-state index contributed by atoms with van der Waals surface area (Å²) < 4.78 is 10.3. The van der Waals surface area contributed by atoms with Gasteiger partial charge in [-0.1, -0.05) is 11.3 Å². The van der Waals surface area contributed by atoms with E-state index in [0.717, 1.165) is 23.6 Å². The molecule has 1 fully saturated rings. The number of likely N-dealkylation sites (tertiary alicyclic amines) is 1. The highest BCUT2D eigenvalue weighted by Gasteiger charge is 2.28. The van der Waals surface area contributed by atoms with Crippen LogP contribution in [0.25, 0.3) is 0 Å². The van der Waals surface area contributed by atoms with Crippen molar-refractivity contribution in [1.82, 2.24) is 15.1 Å². The number of urea groups is 1. The van der Waals surface area contributed by atoms with Crippen molar-refractivity contribution in [3.05, 3.63) is 58.5 Å². The fraction of sp³-hybridized carbons (Fsp3) is 0.304. The molecule has 0 radical (unpaired) electrons. The monoisotopic (exact) mass is 467 g/mol. The van der Waals surface area contributed by atoms with Gasteiger partial charge >= 0.3 is 6.03 Å². The fourth-order valence-corrected chi connectivity index (χ4v) is 4.45. The predicted molar refractivity (Wildman–Crippen MR) is 126 cm³/mol. The Kier molecular flexibility index (Phi) is 7.04. The zero-order valence-corrected chi connectivity index (χ0v) is 19.2. The molecular formula is C23H25N5O4S. The number of aromatic nitrogens is 2. The molecule has 0 spiro atoms. The second-order valence-electron chi connectivity index (χ2n) is 7.57. The summed E-state index contributed by atoms with van der Waals surface area (Å²) in [5.74, 6) is 1.17. The van der Waals surface area contributed by atoms with E-state index in [4.69, 9.17) is 9.47 Å². The highest BCUT2D eigenvalue weighted by molar-refractivity contribution is 7.13. The van der Waals surface area contributed by atoms with Crippen LogP contribution in [0, 0.1) is 0 Å². The number of nitrogens with one attached hydrogen (secondary N) is 2. The molecule has 1 aromatic heterocycles. The molecular weight excluding hydrogens is 442 g/mol.